The monoisotopic (exact) mass is 238 g/mol. The van der Waals surface area contributed by atoms with Gasteiger partial charge in [-0.25, -0.2) is 0 Å². The number of rotatable bonds is 2. The predicted octanol–water partition coefficient (Wildman–Crippen LogP) is 1.35. The Morgan fingerprint density at radius 2 is 2.12 bits per heavy atom. The molecular weight excluding hydrogens is 224 g/mol. The Bertz CT molecular complexity index is 407. The summed E-state index contributed by atoms with van der Waals surface area (Å²) >= 11 is 5.14. The molecule has 0 radical (unpaired) electrons. The third kappa shape index (κ3) is 2.36. The van der Waals surface area contributed by atoms with E-state index in [4.69, 9.17) is 21.7 Å². The van der Waals surface area contributed by atoms with Gasteiger partial charge in [0.05, 0.1) is 0 Å². The van der Waals surface area contributed by atoms with Gasteiger partial charge in [-0.1, -0.05) is 6.07 Å². The maximum atomic E-state index is 5.30. The lowest BCUT2D eigenvalue weighted by molar-refractivity contribution is 0.174. The molecule has 0 amide bonds. The third-order valence-corrected chi connectivity index (χ3v) is 2.80. The Hall–Kier alpha value is -1.49. The molecule has 0 fully saturated rings. The van der Waals surface area contributed by atoms with Crippen LogP contribution in [0.15, 0.2) is 18.2 Å². The van der Waals surface area contributed by atoms with Crippen LogP contribution in [0.5, 0.6) is 11.5 Å². The molecule has 1 aliphatic rings. The molecular formula is C11H14N2O2S. The minimum absolute atomic E-state index is 0.308. The van der Waals surface area contributed by atoms with Gasteiger partial charge in [0, 0.05) is 20.6 Å². The summed E-state index contributed by atoms with van der Waals surface area (Å²) in [6, 6.07) is 5.88. The zero-order valence-electron chi connectivity index (χ0n) is 9.32. The zero-order valence-corrected chi connectivity index (χ0v) is 10.1. The Labute approximate surface area is 100 Å². The molecule has 0 saturated heterocycles. The number of benzene rings is 1. The third-order valence-electron chi connectivity index (χ3n) is 2.29. The summed E-state index contributed by atoms with van der Waals surface area (Å²) in [6.45, 7) is 0.996. The van der Waals surface area contributed by atoms with E-state index in [-0.39, 0.29) is 0 Å². The summed E-state index contributed by atoms with van der Waals surface area (Å²) in [7, 11) is 3.82. The van der Waals surface area contributed by atoms with Crippen LogP contribution in [0.25, 0.3) is 0 Å². The second-order valence-corrected chi connectivity index (χ2v) is 4.13. The Kier molecular flexibility index (Phi) is 3.14. The van der Waals surface area contributed by atoms with Crippen molar-refractivity contribution in [1.29, 1.82) is 0 Å². The number of fused-ring (bicyclic) bond motifs is 1. The van der Waals surface area contributed by atoms with Crippen molar-refractivity contribution in [2.24, 2.45) is 0 Å². The highest BCUT2D eigenvalue weighted by atomic mass is 32.1. The van der Waals surface area contributed by atoms with E-state index in [0.29, 0.717) is 13.3 Å². The largest absolute Gasteiger partial charge is 0.454 e. The van der Waals surface area contributed by atoms with Crippen molar-refractivity contribution >= 4 is 17.3 Å². The van der Waals surface area contributed by atoms with Gasteiger partial charge in [0.15, 0.2) is 16.6 Å². The smallest absolute Gasteiger partial charge is 0.231 e. The zero-order chi connectivity index (χ0) is 11.5. The van der Waals surface area contributed by atoms with Gasteiger partial charge in [0.2, 0.25) is 6.79 Å². The van der Waals surface area contributed by atoms with Crippen LogP contribution in [0.4, 0.5) is 0 Å². The minimum Gasteiger partial charge on any atom is -0.454 e. The van der Waals surface area contributed by atoms with Gasteiger partial charge in [-0.2, -0.15) is 0 Å². The van der Waals surface area contributed by atoms with Gasteiger partial charge in [0.1, 0.15) is 0 Å². The highest BCUT2D eigenvalue weighted by molar-refractivity contribution is 7.80. The van der Waals surface area contributed by atoms with Crippen LogP contribution in [-0.4, -0.2) is 30.9 Å². The van der Waals surface area contributed by atoms with E-state index in [1.807, 2.05) is 37.2 Å². The van der Waals surface area contributed by atoms with Crippen LogP contribution in [-0.2, 0) is 6.54 Å². The SMILES string of the molecule is CN(C)C(=S)NCc1ccc2c(c1)OCO2. The van der Waals surface area contributed by atoms with E-state index < -0.39 is 0 Å². The Morgan fingerprint density at radius 3 is 2.88 bits per heavy atom. The second kappa shape index (κ2) is 4.57. The first kappa shape index (κ1) is 11.0. The number of nitrogens with one attached hydrogen (secondary N) is 1. The number of thiocarbonyl (C=S) groups is 1. The fraction of sp³-hybridized carbons (Fsp3) is 0.364. The minimum atomic E-state index is 0.308. The quantitative estimate of drug-likeness (QED) is 0.787. The van der Waals surface area contributed by atoms with Crippen molar-refractivity contribution in [2.45, 2.75) is 6.54 Å². The summed E-state index contributed by atoms with van der Waals surface area (Å²) in [4.78, 5) is 1.86. The van der Waals surface area contributed by atoms with E-state index in [9.17, 15) is 0 Å². The van der Waals surface area contributed by atoms with Crippen LogP contribution in [0.1, 0.15) is 5.56 Å². The molecule has 2 rings (SSSR count). The molecule has 0 unspecified atom stereocenters. The topological polar surface area (TPSA) is 33.7 Å². The maximum absolute atomic E-state index is 5.30. The van der Waals surface area contributed by atoms with Crippen molar-refractivity contribution in [3.05, 3.63) is 23.8 Å². The van der Waals surface area contributed by atoms with E-state index in [0.717, 1.165) is 22.2 Å². The van der Waals surface area contributed by atoms with E-state index in [1.54, 1.807) is 0 Å². The second-order valence-electron chi connectivity index (χ2n) is 3.74. The lowest BCUT2D eigenvalue weighted by atomic mass is 10.2. The predicted molar refractivity (Wildman–Crippen MR) is 65.7 cm³/mol. The van der Waals surface area contributed by atoms with Gasteiger partial charge in [-0.15, -0.1) is 0 Å². The first-order valence-electron chi connectivity index (χ1n) is 5.00. The van der Waals surface area contributed by atoms with E-state index >= 15 is 0 Å². The van der Waals surface area contributed by atoms with Crippen LogP contribution >= 0.6 is 12.2 Å². The van der Waals surface area contributed by atoms with Crippen LogP contribution < -0.4 is 14.8 Å². The van der Waals surface area contributed by atoms with E-state index in [1.165, 1.54) is 0 Å². The van der Waals surface area contributed by atoms with Gasteiger partial charge in [-0.3, -0.25) is 0 Å². The highest BCUT2D eigenvalue weighted by Gasteiger charge is 2.13. The standard InChI is InChI=1S/C11H14N2O2S/c1-13(2)11(16)12-6-8-3-4-9-10(5-8)15-7-14-9/h3-5H,6-7H2,1-2H3,(H,12,16). The molecule has 4 nitrogen and oxygen atoms in total. The molecule has 5 heteroatoms. The van der Waals surface area contributed by atoms with Crippen molar-refractivity contribution in [3.63, 3.8) is 0 Å². The number of nitrogens with zero attached hydrogens (tertiary/aromatic N) is 1. The molecule has 0 aliphatic carbocycles. The van der Waals surface area contributed by atoms with Crippen LogP contribution in [0.2, 0.25) is 0 Å². The average Bonchev–Trinajstić information content (AvgIpc) is 2.72. The molecule has 1 N–H and O–H groups in total. The van der Waals surface area contributed by atoms with Crippen LogP contribution in [0, 0.1) is 0 Å². The molecule has 0 bridgehead atoms. The van der Waals surface area contributed by atoms with Gasteiger partial charge in [0.25, 0.3) is 0 Å². The fourth-order valence-corrected chi connectivity index (χ4v) is 1.46. The molecule has 1 aromatic rings. The number of hydrogen-bond acceptors (Lipinski definition) is 3. The number of hydrogen-bond donors (Lipinski definition) is 1. The molecule has 0 saturated carbocycles. The summed E-state index contributed by atoms with van der Waals surface area (Å²) in [5.41, 5.74) is 1.12. The van der Waals surface area contributed by atoms with Gasteiger partial charge < -0.3 is 19.7 Å². The van der Waals surface area contributed by atoms with Gasteiger partial charge >= 0.3 is 0 Å². The summed E-state index contributed by atoms with van der Waals surface area (Å²) in [5.74, 6) is 1.61. The fourth-order valence-electron chi connectivity index (χ4n) is 1.39. The van der Waals surface area contributed by atoms with Crippen LogP contribution in [0.3, 0.4) is 0 Å². The molecule has 86 valence electrons. The average molecular weight is 238 g/mol. The van der Waals surface area contributed by atoms with Crippen molar-refractivity contribution in [3.8, 4) is 11.5 Å². The molecule has 16 heavy (non-hydrogen) atoms. The molecule has 1 aromatic carbocycles. The highest BCUT2D eigenvalue weighted by Crippen LogP contribution is 2.32. The normalized spacial score (nSPS) is 12.4. The molecule has 1 aliphatic heterocycles. The molecule has 1 heterocycles. The summed E-state index contributed by atoms with van der Waals surface area (Å²) in [5, 5.41) is 3.87. The molecule has 0 aromatic heterocycles. The number of ether oxygens (including phenoxy) is 2. The Morgan fingerprint density at radius 1 is 1.38 bits per heavy atom. The van der Waals surface area contributed by atoms with Crippen molar-refractivity contribution < 1.29 is 9.47 Å². The maximum Gasteiger partial charge on any atom is 0.231 e. The lowest BCUT2D eigenvalue weighted by Gasteiger charge is -2.15. The summed E-state index contributed by atoms with van der Waals surface area (Å²) in [6.07, 6.45) is 0. The van der Waals surface area contributed by atoms with E-state index in [2.05, 4.69) is 5.32 Å². The van der Waals surface area contributed by atoms with Crippen molar-refractivity contribution in [1.82, 2.24) is 10.2 Å². The Balaban J connectivity index is 1.98. The molecule has 0 spiro atoms. The van der Waals surface area contributed by atoms with Crippen molar-refractivity contribution in [2.75, 3.05) is 20.9 Å². The lowest BCUT2D eigenvalue weighted by Crippen LogP contribution is -2.33. The van der Waals surface area contributed by atoms with Gasteiger partial charge in [-0.05, 0) is 29.9 Å². The first-order valence-corrected chi connectivity index (χ1v) is 5.41. The molecule has 0 atom stereocenters. The first-order chi connectivity index (χ1) is 7.66. The summed E-state index contributed by atoms with van der Waals surface area (Å²) < 4.78 is 10.5.